The van der Waals surface area contributed by atoms with Gasteiger partial charge in [-0.25, -0.2) is 13.1 Å². The highest BCUT2D eigenvalue weighted by molar-refractivity contribution is 7.89. The SMILES string of the molecule is CN(C)c1ccc(C(CNS(=O)(=O)c2ccccc2)N2CCc3ccccc32)cc1. The number of fused-ring (bicyclic) bond motifs is 1. The first kappa shape index (κ1) is 20.4. The first-order chi connectivity index (χ1) is 14.5. The van der Waals surface area contributed by atoms with Crippen LogP contribution < -0.4 is 14.5 Å². The summed E-state index contributed by atoms with van der Waals surface area (Å²) in [6.45, 7) is 1.17. The summed E-state index contributed by atoms with van der Waals surface area (Å²) in [4.78, 5) is 4.66. The van der Waals surface area contributed by atoms with Gasteiger partial charge in [0.15, 0.2) is 0 Å². The Kier molecular flexibility index (Phi) is 5.79. The molecule has 0 aliphatic carbocycles. The maximum atomic E-state index is 12.8. The molecule has 1 aliphatic rings. The topological polar surface area (TPSA) is 52.7 Å². The maximum absolute atomic E-state index is 12.8. The molecule has 6 heteroatoms. The van der Waals surface area contributed by atoms with Crippen LogP contribution in [0.25, 0.3) is 0 Å². The summed E-state index contributed by atoms with van der Waals surface area (Å²) >= 11 is 0. The third kappa shape index (κ3) is 4.20. The second-order valence-corrected chi connectivity index (χ2v) is 9.51. The molecule has 0 saturated carbocycles. The monoisotopic (exact) mass is 421 g/mol. The van der Waals surface area contributed by atoms with E-state index in [-0.39, 0.29) is 10.9 Å². The highest BCUT2D eigenvalue weighted by atomic mass is 32.2. The van der Waals surface area contributed by atoms with Crippen LogP contribution in [0.5, 0.6) is 0 Å². The van der Waals surface area contributed by atoms with Gasteiger partial charge in [0.05, 0.1) is 10.9 Å². The minimum absolute atomic E-state index is 0.0941. The van der Waals surface area contributed by atoms with Gasteiger partial charge >= 0.3 is 0 Å². The molecule has 156 valence electrons. The lowest BCUT2D eigenvalue weighted by Gasteiger charge is -2.31. The summed E-state index contributed by atoms with van der Waals surface area (Å²) < 4.78 is 28.5. The molecule has 0 fully saturated rings. The van der Waals surface area contributed by atoms with E-state index in [4.69, 9.17) is 0 Å². The van der Waals surface area contributed by atoms with Crippen molar-refractivity contribution < 1.29 is 8.42 Å². The van der Waals surface area contributed by atoms with Crippen LogP contribution in [0.4, 0.5) is 11.4 Å². The minimum Gasteiger partial charge on any atom is -0.378 e. The van der Waals surface area contributed by atoms with Crippen molar-refractivity contribution in [2.75, 3.05) is 37.0 Å². The Bertz CT molecular complexity index is 1100. The third-order valence-electron chi connectivity index (χ3n) is 5.61. The van der Waals surface area contributed by atoms with Crippen molar-refractivity contribution in [2.24, 2.45) is 0 Å². The zero-order valence-corrected chi connectivity index (χ0v) is 18.1. The summed E-state index contributed by atoms with van der Waals surface area (Å²) in [5.74, 6) is 0. The number of anilines is 2. The minimum atomic E-state index is -3.58. The Morgan fingerprint density at radius 1 is 0.933 bits per heavy atom. The van der Waals surface area contributed by atoms with Crippen LogP contribution in [0, 0.1) is 0 Å². The van der Waals surface area contributed by atoms with E-state index in [1.807, 2.05) is 26.2 Å². The lowest BCUT2D eigenvalue weighted by Crippen LogP contribution is -2.37. The summed E-state index contributed by atoms with van der Waals surface area (Å²) in [6.07, 6.45) is 0.966. The van der Waals surface area contributed by atoms with Crippen molar-refractivity contribution in [3.63, 3.8) is 0 Å². The molecule has 1 atom stereocenters. The van der Waals surface area contributed by atoms with Crippen molar-refractivity contribution in [1.82, 2.24) is 4.72 Å². The molecule has 1 unspecified atom stereocenters. The fraction of sp³-hybridized carbons (Fsp3) is 0.250. The van der Waals surface area contributed by atoms with E-state index in [9.17, 15) is 8.42 Å². The number of hydrogen-bond acceptors (Lipinski definition) is 4. The number of hydrogen-bond donors (Lipinski definition) is 1. The van der Waals surface area contributed by atoms with Gasteiger partial charge in [0, 0.05) is 38.6 Å². The molecule has 0 radical (unpaired) electrons. The lowest BCUT2D eigenvalue weighted by molar-refractivity contribution is 0.563. The molecule has 1 heterocycles. The maximum Gasteiger partial charge on any atom is 0.240 e. The molecule has 0 saturated heterocycles. The number of sulfonamides is 1. The molecule has 3 aromatic rings. The van der Waals surface area contributed by atoms with Crippen molar-refractivity contribution >= 4 is 21.4 Å². The zero-order chi connectivity index (χ0) is 21.1. The van der Waals surface area contributed by atoms with E-state index in [2.05, 4.69) is 57.0 Å². The van der Waals surface area contributed by atoms with Gasteiger partial charge in [0.2, 0.25) is 10.0 Å². The number of benzene rings is 3. The Hall–Kier alpha value is -2.83. The number of para-hydroxylation sites is 1. The quantitative estimate of drug-likeness (QED) is 0.630. The van der Waals surface area contributed by atoms with Gasteiger partial charge in [-0.05, 0) is 47.9 Å². The molecule has 0 spiro atoms. The van der Waals surface area contributed by atoms with Gasteiger partial charge in [-0.2, -0.15) is 0 Å². The van der Waals surface area contributed by atoms with E-state index in [0.717, 1.165) is 24.2 Å². The van der Waals surface area contributed by atoms with Crippen LogP contribution in [0.1, 0.15) is 17.2 Å². The van der Waals surface area contributed by atoms with Crippen molar-refractivity contribution in [3.05, 3.63) is 90.0 Å². The van der Waals surface area contributed by atoms with Crippen LogP contribution in [-0.4, -0.2) is 35.6 Å². The Morgan fingerprint density at radius 2 is 1.60 bits per heavy atom. The largest absolute Gasteiger partial charge is 0.378 e. The predicted molar refractivity (Wildman–Crippen MR) is 123 cm³/mol. The molecule has 30 heavy (non-hydrogen) atoms. The first-order valence-electron chi connectivity index (χ1n) is 10.1. The second kappa shape index (κ2) is 8.50. The molecular weight excluding hydrogens is 394 g/mol. The first-order valence-corrected chi connectivity index (χ1v) is 11.6. The fourth-order valence-corrected chi connectivity index (χ4v) is 5.02. The van der Waals surface area contributed by atoms with Gasteiger partial charge in [-0.3, -0.25) is 0 Å². The van der Waals surface area contributed by atoms with Gasteiger partial charge in [-0.1, -0.05) is 48.5 Å². The average molecular weight is 422 g/mol. The Labute approximate surface area is 179 Å². The van der Waals surface area contributed by atoms with Gasteiger partial charge < -0.3 is 9.80 Å². The molecule has 4 rings (SSSR count). The van der Waals surface area contributed by atoms with E-state index in [1.54, 1.807) is 24.3 Å². The fourth-order valence-electron chi connectivity index (χ4n) is 3.96. The highest BCUT2D eigenvalue weighted by Gasteiger charge is 2.28. The lowest BCUT2D eigenvalue weighted by atomic mass is 10.0. The molecule has 0 bridgehead atoms. The van der Waals surface area contributed by atoms with E-state index < -0.39 is 10.0 Å². The van der Waals surface area contributed by atoms with Crippen molar-refractivity contribution in [2.45, 2.75) is 17.4 Å². The summed E-state index contributed by atoms with van der Waals surface area (Å²) in [5.41, 5.74) is 4.69. The van der Waals surface area contributed by atoms with E-state index >= 15 is 0 Å². The van der Waals surface area contributed by atoms with Crippen LogP contribution in [0.2, 0.25) is 0 Å². The van der Waals surface area contributed by atoms with Crippen molar-refractivity contribution in [1.29, 1.82) is 0 Å². The van der Waals surface area contributed by atoms with Gasteiger partial charge in [0.25, 0.3) is 0 Å². The zero-order valence-electron chi connectivity index (χ0n) is 17.3. The van der Waals surface area contributed by atoms with E-state index in [1.165, 1.54) is 11.3 Å². The van der Waals surface area contributed by atoms with Crippen LogP contribution in [0.3, 0.4) is 0 Å². The molecule has 3 aromatic carbocycles. The standard InChI is InChI=1S/C24H27N3O2S/c1-26(2)21-14-12-20(13-15-21)24(27-17-16-19-8-6-7-11-23(19)27)18-25-30(28,29)22-9-4-3-5-10-22/h3-15,24-25H,16-18H2,1-2H3. The summed E-state index contributed by atoms with van der Waals surface area (Å²) in [7, 11) is 0.445. The normalized spacial score (nSPS) is 14.4. The second-order valence-electron chi connectivity index (χ2n) is 7.74. The highest BCUT2D eigenvalue weighted by Crippen LogP contribution is 2.35. The van der Waals surface area contributed by atoms with Gasteiger partial charge in [0.1, 0.15) is 0 Å². The number of nitrogens with one attached hydrogen (secondary N) is 1. The molecular formula is C24H27N3O2S. The van der Waals surface area contributed by atoms with E-state index in [0.29, 0.717) is 6.54 Å². The number of rotatable bonds is 7. The van der Waals surface area contributed by atoms with Crippen LogP contribution in [0.15, 0.2) is 83.8 Å². The molecule has 0 amide bonds. The molecule has 1 aliphatic heterocycles. The smallest absolute Gasteiger partial charge is 0.240 e. The molecule has 1 N–H and O–H groups in total. The van der Waals surface area contributed by atoms with Gasteiger partial charge in [-0.15, -0.1) is 0 Å². The van der Waals surface area contributed by atoms with Crippen LogP contribution in [-0.2, 0) is 16.4 Å². The Balaban J connectivity index is 1.64. The third-order valence-corrected chi connectivity index (χ3v) is 7.05. The molecule has 5 nitrogen and oxygen atoms in total. The number of nitrogens with zero attached hydrogens (tertiary/aromatic N) is 2. The predicted octanol–water partition coefficient (Wildman–Crippen LogP) is 3.83. The summed E-state index contributed by atoms with van der Waals surface area (Å²) in [5, 5.41) is 0. The Morgan fingerprint density at radius 3 is 2.30 bits per heavy atom. The molecule has 0 aromatic heterocycles. The van der Waals surface area contributed by atoms with Crippen LogP contribution >= 0.6 is 0 Å². The summed E-state index contributed by atoms with van der Waals surface area (Å²) in [6, 6.07) is 25.2. The van der Waals surface area contributed by atoms with Crippen molar-refractivity contribution in [3.8, 4) is 0 Å². The average Bonchev–Trinajstić information content (AvgIpc) is 3.19.